The zero-order valence-corrected chi connectivity index (χ0v) is 10.6. The normalized spacial score (nSPS) is 20.5. The number of thioether (sulfide) groups is 1. The minimum absolute atomic E-state index is 0.133. The highest BCUT2D eigenvalue weighted by Gasteiger charge is 2.28. The van der Waals surface area contributed by atoms with Gasteiger partial charge in [0.15, 0.2) is 5.12 Å². The van der Waals surface area contributed by atoms with E-state index in [0.29, 0.717) is 18.9 Å². The van der Waals surface area contributed by atoms with Crippen molar-refractivity contribution in [3.63, 3.8) is 0 Å². The molecule has 16 heavy (non-hydrogen) atoms. The molecule has 1 fully saturated rings. The van der Waals surface area contributed by atoms with E-state index in [1.165, 1.54) is 11.8 Å². The molecule has 5 heteroatoms. The van der Waals surface area contributed by atoms with E-state index in [0.717, 1.165) is 31.7 Å². The first-order chi connectivity index (χ1) is 7.63. The zero-order valence-electron chi connectivity index (χ0n) is 9.78. The van der Waals surface area contributed by atoms with Crippen molar-refractivity contribution in [3.05, 3.63) is 0 Å². The van der Waals surface area contributed by atoms with Crippen molar-refractivity contribution in [2.75, 3.05) is 25.4 Å². The van der Waals surface area contributed by atoms with Crippen LogP contribution in [0.15, 0.2) is 0 Å². The van der Waals surface area contributed by atoms with Gasteiger partial charge in [0.05, 0.1) is 0 Å². The Hall–Kier alpha value is -0.550. The highest BCUT2D eigenvalue weighted by atomic mass is 32.2. The molecule has 1 unspecified atom stereocenters. The maximum absolute atomic E-state index is 11.6. The summed E-state index contributed by atoms with van der Waals surface area (Å²) in [5, 5.41) is 0.133. The van der Waals surface area contributed by atoms with E-state index in [9.17, 15) is 9.59 Å². The third-order valence-corrected chi connectivity index (χ3v) is 3.74. The molecular weight excluding hydrogens is 224 g/mol. The minimum Gasteiger partial charge on any atom is -0.342 e. The lowest BCUT2D eigenvalue weighted by Crippen LogP contribution is -2.27. The molecule has 1 rings (SSSR count). The number of hydrogen-bond donors (Lipinski definition) is 1. The fraction of sp³-hybridized carbons (Fsp3) is 0.818. The molecule has 0 spiro atoms. The molecule has 0 saturated carbocycles. The first-order valence-electron chi connectivity index (χ1n) is 5.74. The molecule has 0 bridgehead atoms. The summed E-state index contributed by atoms with van der Waals surface area (Å²) in [4.78, 5) is 24.4. The van der Waals surface area contributed by atoms with Gasteiger partial charge in [-0.05, 0) is 25.3 Å². The molecule has 1 atom stereocenters. The van der Waals surface area contributed by atoms with E-state index in [-0.39, 0.29) is 11.0 Å². The van der Waals surface area contributed by atoms with Gasteiger partial charge >= 0.3 is 0 Å². The fourth-order valence-corrected chi connectivity index (χ4v) is 2.56. The Labute approximate surface area is 101 Å². The quantitative estimate of drug-likeness (QED) is 0.704. The second-order valence-corrected chi connectivity index (χ2v) is 5.41. The molecule has 2 N–H and O–H groups in total. The van der Waals surface area contributed by atoms with Gasteiger partial charge in [0.25, 0.3) is 0 Å². The van der Waals surface area contributed by atoms with Crippen LogP contribution in [0.5, 0.6) is 0 Å². The highest BCUT2D eigenvalue weighted by Crippen LogP contribution is 2.22. The smallest absolute Gasteiger partial charge is 0.222 e. The number of amides is 1. The van der Waals surface area contributed by atoms with E-state index in [1.807, 2.05) is 4.90 Å². The van der Waals surface area contributed by atoms with Crippen LogP contribution in [0.3, 0.4) is 0 Å². The van der Waals surface area contributed by atoms with Crippen LogP contribution >= 0.6 is 11.8 Å². The molecule has 1 amide bonds. The van der Waals surface area contributed by atoms with Crippen LogP contribution in [0.2, 0.25) is 0 Å². The Kier molecular flexibility index (Phi) is 5.84. The predicted molar refractivity (Wildman–Crippen MR) is 66.1 cm³/mol. The molecule has 4 nitrogen and oxygen atoms in total. The van der Waals surface area contributed by atoms with Gasteiger partial charge in [-0.1, -0.05) is 11.8 Å². The van der Waals surface area contributed by atoms with Crippen molar-refractivity contribution in [3.8, 4) is 0 Å². The number of unbranched alkanes of at least 4 members (excludes halogenated alkanes) is 1. The summed E-state index contributed by atoms with van der Waals surface area (Å²) in [6, 6.07) is 0. The zero-order chi connectivity index (χ0) is 12.0. The first-order valence-corrected chi connectivity index (χ1v) is 6.73. The minimum atomic E-state index is 0.133. The van der Waals surface area contributed by atoms with Gasteiger partial charge in [0, 0.05) is 32.2 Å². The van der Waals surface area contributed by atoms with Crippen LogP contribution in [0.1, 0.15) is 26.2 Å². The third-order valence-electron chi connectivity index (χ3n) is 2.70. The Morgan fingerprint density at radius 1 is 1.56 bits per heavy atom. The first kappa shape index (κ1) is 13.5. The summed E-state index contributed by atoms with van der Waals surface area (Å²) in [6.07, 6.45) is 2.55. The van der Waals surface area contributed by atoms with Gasteiger partial charge in [0.1, 0.15) is 0 Å². The van der Waals surface area contributed by atoms with Crippen LogP contribution in [-0.4, -0.2) is 41.3 Å². The van der Waals surface area contributed by atoms with Crippen molar-refractivity contribution in [2.24, 2.45) is 11.7 Å². The topological polar surface area (TPSA) is 63.4 Å². The molecule has 0 radical (unpaired) electrons. The molecule has 92 valence electrons. The van der Waals surface area contributed by atoms with Crippen LogP contribution in [0.25, 0.3) is 0 Å². The molecule has 1 saturated heterocycles. The molecule has 1 aliphatic rings. The lowest BCUT2D eigenvalue weighted by Gasteiger charge is -2.15. The van der Waals surface area contributed by atoms with Gasteiger partial charge in [-0.25, -0.2) is 0 Å². The molecule has 0 aliphatic carbocycles. The van der Waals surface area contributed by atoms with Gasteiger partial charge in [0.2, 0.25) is 5.91 Å². The maximum Gasteiger partial charge on any atom is 0.222 e. The van der Waals surface area contributed by atoms with Gasteiger partial charge in [-0.15, -0.1) is 0 Å². The molecule has 0 aromatic rings. The average Bonchev–Trinajstić information content (AvgIpc) is 2.57. The second kappa shape index (κ2) is 6.91. The SMILES string of the molecule is CC(=O)SCC1CC(=O)N(CCCCN)C1. The number of hydrogen-bond acceptors (Lipinski definition) is 4. The number of rotatable bonds is 6. The lowest BCUT2D eigenvalue weighted by atomic mass is 10.1. The molecule has 0 aromatic carbocycles. The Bertz CT molecular complexity index is 258. The van der Waals surface area contributed by atoms with Crippen molar-refractivity contribution in [2.45, 2.75) is 26.2 Å². The van der Waals surface area contributed by atoms with Crippen LogP contribution in [0, 0.1) is 5.92 Å². The summed E-state index contributed by atoms with van der Waals surface area (Å²) < 4.78 is 0. The Morgan fingerprint density at radius 2 is 2.31 bits per heavy atom. The molecule has 0 aromatic heterocycles. The Morgan fingerprint density at radius 3 is 2.94 bits per heavy atom. The fourth-order valence-electron chi connectivity index (χ4n) is 1.86. The highest BCUT2D eigenvalue weighted by molar-refractivity contribution is 8.13. The van der Waals surface area contributed by atoms with E-state index in [4.69, 9.17) is 5.73 Å². The summed E-state index contributed by atoms with van der Waals surface area (Å²) in [5.74, 6) is 1.35. The van der Waals surface area contributed by atoms with Crippen molar-refractivity contribution in [1.82, 2.24) is 4.90 Å². The average molecular weight is 244 g/mol. The number of likely N-dealkylation sites (tertiary alicyclic amines) is 1. The van der Waals surface area contributed by atoms with Gasteiger partial charge in [-0.3, -0.25) is 9.59 Å². The van der Waals surface area contributed by atoms with E-state index >= 15 is 0 Å². The summed E-state index contributed by atoms with van der Waals surface area (Å²) in [5.41, 5.74) is 5.41. The standard InChI is InChI=1S/C11H20N2O2S/c1-9(14)16-8-10-6-11(15)13(7-10)5-3-2-4-12/h10H,2-8,12H2,1H3. The largest absolute Gasteiger partial charge is 0.342 e. The molecule has 1 heterocycles. The van der Waals surface area contributed by atoms with Crippen molar-refractivity contribution < 1.29 is 9.59 Å². The molecule has 1 aliphatic heterocycles. The summed E-state index contributed by atoms with van der Waals surface area (Å²) in [6.45, 7) is 3.88. The summed E-state index contributed by atoms with van der Waals surface area (Å²) >= 11 is 1.32. The lowest BCUT2D eigenvalue weighted by molar-refractivity contribution is -0.127. The predicted octanol–water partition coefficient (Wildman–Crippen LogP) is 0.854. The third kappa shape index (κ3) is 4.53. The second-order valence-electron chi connectivity index (χ2n) is 4.21. The Balaban J connectivity index is 2.24. The van der Waals surface area contributed by atoms with Crippen LogP contribution in [0.4, 0.5) is 0 Å². The van der Waals surface area contributed by atoms with Crippen LogP contribution < -0.4 is 5.73 Å². The van der Waals surface area contributed by atoms with E-state index < -0.39 is 0 Å². The number of carbonyl (C=O) groups is 2. The van der Waals surface area contributed by atoms with Gasteiger partial charge < -0.3 is 10.6 Å². The van der Waals surface area contributed by atoms with Gasteiger partial charge in [-0.2, -0.15) is 0 Å². The van der Waals surface area contributed by atoms with Crippen LogP contribution in [-0.2, 0) is 9.59 Å². The maximum atomic E-state index is 11.6. The van der Waals surface area contributed by atoms with E-state index in [1.54, 1.807) is 6.92 Å². The monoisotopic (exact) mass is 244 g/mol. The van der Waals surface area contributed by atoms with Crippen molar-refractivity contribution >= 4 is 22.8 Å². The number of nitrogens with zero attached hydrogens (tertiary/aromatic N) is 1. The number of nitrogens with two attached hydrogens (primary N) is 1. The molecular formula is C11H20N2O2S. The van der Waals surface area contributed by atoms with E-state index in [2.05, 4.69) is 0 Å². The van der Waals surface area contributed by atoms with Crippen molar-refractivity contribution in [1.29, 1.82) is 0 Å². The number of carbonyl (C=O) groups excluding carboxylic acids is 2. The summed E-state index contributed by atoms with van der Waals surface area (Å²) in [7, 11) is 0.